The highest BCUT2D eigenvalue weighted by atomic mass is 28.4. The largest absolute Gasteiger partial charge is 0.414 e. The van der Waals surface area contributed by atoms with E-state index in [-0.39, 0.29) is 6.04 Å². The monoisotopic (exact) mass is 511 g/mol. The van der Waals surface area contributed by atoms with Crippen LogP contribution in [-0.4, -0.2) is 63.2 Å². The van der Waals surface area contributed by atoms with Crippen molar-refractivity contribution in [1.29, 1.82) is 0 Å². The Labute approximate surface area is 219 Å². The second kappa shape index (κ2) is 12.8. The number of rotatable bonds is 9. The van der Waals surface area contributed by atoms with E-state index in [9.17, 15) is 0 Å². The van der Waals surface area contributed by atoms with Gasteiger partial charge in [0.05, 0.1) is 24.8 Å². The van der Waals surface area contributed by atoms with E-state index in [0.29, 0.717) is 36.4 Å². The third-order valence-electron chi connectivity index (χ3n) is 7.40. The van der Waals surface area contributed by atoms with Crippen molar-refractivity contribution < 1.29 is 9.26 Å². The first-order valence-corrected chi connectivity index (χ1v) is 15.3. The summed E-state index contributed by atoms with van der Waals surface area (Å²) < 4.78 is 6.93. The third kappa shape index (κ3) is 6.53. The molecule has 0 amide bonds. The number of nitrogens with one attached hydrogen (secondary N) is 1. The van der Waals surface area contributed by atoms with E-state index < -0.39 is 8.32 Å². The van der Waals surface area contributed by atoms with Gasteiger partial charge in [0.15, 0.2) is 8.32 Å². The van der Waals surface area contributed by atoms with Crippen molar-refractivity contribution in [3.63, 3.8) is 0 Å². The first kappa shape index (κ1) is 28.3. The Bertz CT molecular complexity index is 961. The second-order valence-corrected chi connectivity index (χ2v) is 16.2. The number of hydroxylamine groups is 2. The minimum atomic E-state index is -1.98. The van der Waals surface area contributed by atoms with Crippen LogP contribution < -0.4 is 10.2 Å². The van der Waals surface area contributed by atoms with E-state index in [1.165, 1.54) is 5.56 Å². The molecule has 2 aromatic rings. The summed E-state index contributed by atoms with van der Waals surface area (Å²) in [6.45, 7) is 16.5. The van der Waals surface area contributed by atoms with Gasteiger partial charge in [0.25, 0.3) is 0 Å². The molecule has 7 nitrogen and oxygen atoms in total. The fraction of sp³-hybridized carbons (Fsp3) is 0.571. The fourth-order valence-corrected chi connectivity index (χ4v) is 11.1. The van der Waals surface area contributed by atoms with Crippen LogP contribution >= 0.6 is 0 Å². The Hall–Kier alpha value is -2.26. The molecule has 1 aromatic heterocycles. The van der Waals surface area contributed by atoms with E-state index in [2.05, 4.69) is 99.1 Å². The Morgan fingerprint density at radius 3 is 2.39 bits per heavy atom. The van der Waals surface area contributed by atoms with Crippen molar-refractivity contribution in [2.45, 2.75) is 70.8 Å². The van der Waals surface area contributed by atoms with Gasteiger partial charge in [0.1, 0.15) is 18.0 Å². The minimum Gasteiger partial charge on any atom is -0.414 e. The molecule has 0 unspecified atom stereocenters. The van der Waals surface area contributed by atoms with Crippen molar-refractivity contribution in [2.75, 3.05) is 44.1 Å². The van der Waals surface area contributed by atoms with Crippen LogP contribution in [0.15, 0.2) is 42.7 Å². The summed E-state index contributed by atoms with van der Waals surface area (Å²) in [5.41, 5.74) is 3.82. The second-order valence-electron chi connectivity index (χ2n) is 10.7. The average Bonchev–Trinajstić information content (AvgIpc) is 2.84. The zero-order valence-electron chi connectivity index (χ0n) is 23.4. The molecule has 0 saturated heterocycles. The van der Waals surface area contributed by atoms with Gasteiger partial charge in [0.2, 0.25) is 0 Å². The van der Waals surface area contributed by atoms with Gasteiger partial charge in [-0.15, -0.1) is 0 Å². The molecule has 1 aliphatic rings. The number of benzene rings is 1. The molecule has 198 valence electrons. The van der Waals surface area contributed by atoms with E-state index >= 15 is 0 Å². The number of likely N-dealkylation sites (N-methyl/N-ethyl adjacent to an activating group) is 1. The number of nitrogens with zero attached hydrogens (tertiary/aromatic N) is 4. The van der Waals surface area contributed by atoms with Gasteiger partial charge in [-0.05, 0) is 28.3 Å². The van der Waals surface area contributed by atoms with Crippen LogP contribution in [0.4, 0.5) is 11.6 Å². The summed E-state index contributed by atoms with van der Waals surface area (Å²) in [4.78, 5) is 17.5. The van der Waals surface area contributed by atoms with Crippen LogP contribution in [0.1, 0.15) is 52.7 Å². The van der Waals surface area contributed by atoms with E-state index in [1.807, 2.05) is 24.3 Å². The SMILES string of the molecule is CC(C)[Si](OC[C@@H]1CNc2ncnc(N(C)Cc3ccccc3)c2/C=C/CON1C)(C(C)C)C(C)C. The molecule has 1 aliphatic heterocycles. The summed E-state index contributed by atoms with van der Waals surface area (Å²) in [6.07, 6.45) is 5.72. The first-order chi connectivity index (χ1) is 17.2. The predicted molar refractivity (Wildman–Crippen MR) is 153 cm³/mol. The van der Waals surface area contributed by atoms with Crippen LogP contribution in [0.3, 0.4) is 0 Å². The normalized spacial score (nSPS) is 18.2. The third-order valence-corrected chi connectivity index (χ3v) is 13.5. The molecule has 2 heterocycles. The van der Waals surface area contributed by atoms with E-state index in [1.54, 1.807) is 6.33 Å². The maximum Gasteiger partial charge on any atom is 0.200 e. The molecule has 0 spiro atoms. The Morgan fingerprint density at radius 1 is 1.08 bits per heavy atom. The summed E-state index contributed by atoms with van der Waals surface area (Å²) in [5.74, 6) is 1.72. The Balaban J connectivity index is 1.81. The molecule has 1 aromatic carbocycles. The number of hydrogen-bond donors (Lipinski definition) is 1. The van der Waals surface area contributed by atoms with Gasteiger partial charge in [-0.25, -0.2) is 9.97 Å². The van der Waals surface area contributed by atoms with Crippen LogP contribution in [-0.2, 0) is 15.8 Å². The van der Waals surface area contributed by atoms with Crippen molar-refractivity contribution in [2.24, 2.45) is 0 Å². The van der Waals surface area contributed by atoms with Gasteiger partial charge in [0, 0.05) is 27.2 Å². The number of aromatic nitrogens is 2. The molecule has 1 N–H and O–H groups in total. The fourth-order valence-electron chi connectivity index (χ4n) is 5.60. The summed E-state index contributed by atoms with van der Waals surface area (Å²) in [5, 5.41) is 5.52. The highest BCUT2D eigenvalue weighted by molar-refractivity contribution is 6.77. The summed E-state index contributed by atoms with van der Waals surface area (Å²) in [7, 11) is 2.08. The molecular weight excluding hydrogens is 466 g/mol. The topological polar surface area (TPSA) is 62.8 Å². The first-order valence-electron chi connectivity index (χ1n) is 13.2. The van der Waals surface area contributed by atoms with Crippen molar-refractivity contribution >= 4 is 26.0 Å². The average molecular weight is 512 g/mol. The maximum atomic E-state index is 6.93. The number of fused-ring (bicyclic) bond motifs is 1. The van der Waals surface area contributed by atoms with Gasteiger partial charge in [-0.3, -0.25) is 4.84 Å². The predicted octanol–water partition coefficient (Wildman–Crippen LogP) is 5.98. The lowest BCUT2D eigenvalue weighted by atomic mass is 10.2. The van der Waals surface area contributed by atoms with Crippen molar-refractivity contribution in [3.05, 3.63) is 53.9 Å². The van der Waals surface area contributed by atoms with E-state index in [4.69, 9.17) is 9.26 Å². The van der Waals surface area contributed by atoms with Crippen molar-refractivity contribution in [1.82, 2.24) is 15.0 Å². The number of hydrogen-bond acceptors (Lipinski definition) is 7. The lowest BCUT2D eigenvalue weighted by molar-refractivity contribution is -0.160. The molecule has 0 bridgehead atoms. The molecular formula is C28H45N5O2Si. The molecule has 1 atom stereocenters. The van der Waals surface area contributed by atoms with Crippen LogP contribution in [0.5, 0.6) is 0 Å². The highest BCUT2D eigenvalue weighted by Gasteiger charge is 2.45. The molecule has 36 heavy (non-hydrogen) atoms. The smallest absolute Gasteiger partial charge is 0.200 e. The van der Waals surface area contributed by atoms with Crippen LogP contribution in [0, 0.1) is 0 Å². The quantitative estimate of drug-likeness (QED) is 0.416. The highest BCUT2D eigenvalue weighted by Crippen LogP contribution is 2.42. The maximum absolute atomic E-state index is 6.93. The van der Waals surface area contributed by atoms with E-state index in [0.717, 1.165) is 23.7 Å². The lowest BCUT2D eigenvalue weighted by Gasteiger charge is -2.43. The van der Waals surface area contributed by atoms with Gasteiger partial charge < -0.3 is 14.6 Å². The zero-order valence-corrected chi connectivity index (χ0v) is 24.4. The molecule has 0 fully saturated rings. The standard InChI is InChI=1S/C28H45N5O2Si/c1-21(2)36(22(3)4,23(5)6)35-19-25-17-29-27-26(15-12-16-34-33(25)8)28(31-20-30-27)32(7)18-24-13-10-9-11-14-24/h9-15,20-23,25H,16-19H2,1-8H3,(H,29,30,31)/b15-12+/t25-/m0/s1. The van der Waals surface area contributed by atoms with Gasteiger partial charge in [-0.1, -0.05) is 78.0 Å². The zero-order chi connectivity index (χ0) is 26.3. The summed E-state index contributed by atoms with van der Waals surface area (Å²) in [6, 6.07) is 10.5. The Morgan fingerprint density at radius 2 is 1.75 bits per heavy atom. The van der Waals surface area contributed by atoms with Crippen LogP contribution in [0.25, 0.3) is 6.08 Å². The molecule has 0 aliphatic carbocycles. The number of anilines is 2. The summed E-state index contributed by atoms with van der Waals surface area (Å²) >= 11 is 0. The molecule has 0 radical (unpaired) electrons. The Kier molecular flexibility index (Phi) is 10.1. The molecule has 3 rings (SSSR count). The van der Waals surface area contributed by atoms with Gasteiger partial charge >= 0.3 is 0 Å². The van der Waals surface area contributed by atoms with Gasteiger partial charge in [-0.2, -0.15) is 5.06 Å². The molecule has 8 heteroatoms. The molecule has 0 saturated carbocycles. The minimum absolute atomic E-state index is 0.0490. The van der Waals surface area contributed by atoms with Crippen molar-refractivity contribution in [3.8, 4) is 0 Å². The lowest BCUT2D eigenvalue weighted by Crippen LogP contribution is -2.51. The van der Waals surface area contributed by atoms with Crippen LogP contribution in [0.2, 0.25) is 16.6 Å².